The van der Waals surface area contributed by atoms with Gasteiger partial charge in [0.25, 0.3) is 5.91 Å². The number of aliphatic hydroxyl groups excluding tert-OH is 1. The van der Waals surface area contributed by atoms with Gasteiger partial charge in [-0.05, 0) is 62.6 Å². The van der Waals surface area contributed by atoms with Crippen molar-refractivity contribution in [2.24, 2.45) is 0 Å². The van der Waals surface area contributed by atoms with Crippen molar-refractivity contribution in [3.05, 3.63) is 58.7 Å². The highest BCUT2D eigenvalue weighted by molar-refractivity contribution is 6.36. The zero-order valence-electron chi connectivity index (χ0n) is 16.7. The smallest absolute Gasteiger partial charge is 0.260 e. The zero-order valence-corrected chi connectivity index (χ0v) is 16.7. The minimum atomic E-state index is -0.391. The Kier molecular flexibility index (Phi) is 5.00. The minimum Gasteiger partial charge on any atom is -0.486 e. The van der Waals surface area contributed by atoms with E-state index >= 15 is 0 Å². The van der Waals surface area contributed by atoms with Crippen LogP contribution in [0.25, 0.3) is 11.3 Å². The number of likely N-dealkylation sites (tertiary alicyclic amines) is 1. The summed E-state index contributed by atoms with van der Waals surface area (Å²) in [6.07, 6.45) is 3.44. The monoisotopic (exact) mass is 409 g/mol. The Bertz CT molecular complexity index is 1030. The highest BCUT2D eigenvalue weighted by Crippen LogP contribution is 2.41. The number of ether oxygens (including phenoxy) is 1. The van der Waals surface area contributed by atoms with Crippen molar-refractivity contribution in [1.82, 2.24) is 9.88 Å². The molecule has 0 spiro atoms. The third-order valence-electron chi connectivity index (χ3n) is 6.05. The number of anilines is 1. The number of aryl methyl sites for hydroxylation is 1. The molecule has 2 aromatic rings. The first-order valence-electron chi connectivity index (χ1n) is 10.5. The molecule has 1 saturated heterocycles. The molecule has 5 rings (SSSR count). The van der Waals surface area contributed by atoms with E-state index in [2.05, 4.69) is 10.2 Å². The van der Waals surface area contributed by atoms with E-state index in [1.165, 1.54) is 12.1 Å². The van der Waals surface area contributed by atoms with Gasteiger partial charge in [0.2, 0.25) is 0 Å². The van der Waals surface area contributed by atoms with Crippen molar-refractivity contribution in [2.45, 2.75) is 38.4 Å². The Hall–Kier alpha value is -2.77. The number of benzene rings is 1. The third-order valence-corrected chi connectivity index (χ3v) is 6.05. The summed E-state index contributed by atoms with van der Waals surface area (Å²) in [6, 6.07) is 8.19. The summed E-state index contributed by atoms with van der Waals surface area (Å²) in [5.74, 6) is -0.204. The number of nitrogens with one attached hydrogen (secondary N) is 1. The first-order valence-corrected chi connectivity index (χ1v) is 10.5. The lowest BCUT2D eigenvalue weighted by Crippen LogP contribution is -2.36. The van der Waals surface area contributed by atoms with E-state index in [0.29, 0.717) is 29.2 Å². The number of aromatic nitrogens is 1. The van der Waals surface area contributed by atoms with Gasteiger partial charge >= 0.3 is 0 Å². The van der Waals surface area contributed by atoms with Crippen molar-refractivity contribution in [3.63, 3.8) is 0 Å². The van der Waals surface area contributed by atoms with Crippen LogP contribution >= 0.6 is 0 Å². The van der Waals surface area contributed by atoms with Crippen LogP contribution in [0.1, 0.15) is 41.8 Å². The fraction of sp³-hybridized carbons (Fsp3) is 0.391. The molecule has 30 heavy (non-hydrogen) atoms. The number of halogens is 1. The average Bonchev–Trinajstić information content (AvgIpc) is 3.28. The van der Waals surface area contributed by atoms with Crippen molar-refractivity contribution < 1.29 is 19.0 Å². The van der Waals surface area contributed by atoms with Gasteiger partial charge in [-0.3, -0.25) is 9.78 Å². The van der Waals surface area contributed by atoms with Gasteiger partial charge in [-0.25, -0.2) is 4.39 Å². The van der Waals surface area contributed by atoms with Crippen molar-refractivity contribution in [3.8, 4) is 0 Å². The zero-order chi connectivity index (χ0) is 20.7. The lowest BCUT2D eigenvalue weighted by molar-refractivity contribution is -0.110. The summed E-state index contributed by atoms with van der Waals surface area (Å²) in [7, 11) is 0. The number of carbonyl (C=O) groups is 1. The minimum absolute atomic E-state index is 0.145. The van der Waals surface area contributed by atoms with E-state index in [0.717, 1.165) is 62.3 Å². The largest absolute Gasteiger partial charge is 0.486 e. The van der Waals surface area contributed by atoms with Gasteiger partial charge in [0, 0.05) is 35.6 Å². The van der Waals surface area contributed by atoms with Gasteiger partial charge in [0.15, 0.2) is 0 Å². The number of hydrogen-bond acceptors (Lipinski definition) is 5. The Morgan fingerprint density at radius 2 is 2.03 bits per heavy atom. The maximum Gasteiger partial charge on any atom is 0.260 e. The number of carbonyl (C=O) groups excluding carboxylic acids is 1. The molecule has 0 atom stereocenters. The van der Waals surface area contributed by atoms with Gasteiger partial charge in [0.1, 0.15) is 18.2 Å². The van der Waals surface area contributed by atoms with Crippen LogP contribution in [0.2, 0.25) is 0 Å². The molecule has 1 aromatic heterocycles. The van der Waals surface area contributed by atoms with E-state index in [-0.39, 0.29) is 12.0 Å². The van der Waals surface area contributed by atoms with E-state index in [1.54, 1.807) is 6.07 Å². The number of pyridine rings is 1. The second kappa shape index (κ2) is 7.81. The van der Waals surface area contributed by atoms with Gasteiger partial charge in [0.05, 0.1) is 17.4 Å². The molecule has 6 nitrogen and oxygen atoms in total. The van der Waals surface area contributed by atoms with Crippen LogP contribution < -0.4 is 5.32 Å². The summed E-state index contributed by atoms with van der Waals surface area (Å²) in [6.45, 7) is 3.21. The number of amides is 1. The lowest BCUT2D eigenvalue weighted by atomic mass is 10.0. The molecule has 0 saturated carbocycles. The van der Waals surface area contributed by atoms with Crippen molar-refractivity contribution in [1.29, 1.82) is 0 Å². The Morgan fingerprint density at radius 1 is 1.20 bits per heavy atom. The van der Waals surface area contributed by atoms with Crippen LogP contribution in [-0.2, 0) is 22.6 Å². The number of nitrogens with zero attached hydrogens (tertiary/aromatic N) is 2. The Balaban J connectivity index is 1.32. The highest BCUT2D eigenvalue weighted by atomic mass is 19.1. The molecule has 4 heterocycles. The summed E-state index contributed by atoms with van der Waals surface area (Å²) in [5, 5.41) is 12.4. The number of piperidine rings is 1. The molecule has 0 bridgehead atoms. The van der Waals surface area contributed by atoms with Crippen molar-refractivity contribution >= 4 is 22.9 Å². The fourth-order valence-electron chi connectivity index (χ4n) is 4.42. The molecule has 0 unspecified atom stereocenters. The molecular formula is C23H24FN3O3. The Labute approximate surface area is 174 Å². The van der Waals surface area contributed by atoms with Gasteiger partial charge in [-0.15, -0.1) is 0 Å². The molecule has 1 amide bonds. The number of fused-ring (bicyclic) bond motifs is 2. The second-order valence-electron chi connectivity index (χ2n) is 8.11. The summed E-state index contributed by atoms with van der Waals surface area (Å²) >= 11 is 0. The summed E-state index contributed by atoms with van der Waals surface area (Å²) < 4.78 is 19.6. The maximum atomic E-state index is 13.7. The van der Waals surface area contributed by atoms with E-state index in [9.17, 15) is 14.3 Å². The van der Waals surface area contributed by atoms with E-state index in [4.69, 9.17) is 9.72 Å². The van der Waals surface area contributed by atoms with Crippen LogP contribution in [0, 0.1) is 5.82 Å². The molecular weight excluding hydrogens is 385 g/mol. The molecule has 156 valence electrons. The number of rotatable bonds is 4. The fourth-order valence-corrected chi connectivity index (χ4v) is 4.42. The maximum absolute atomic E-state index is 13.7. The molecule has 0 aliphatic carbocycles. The van der Waals surface area contributed by atoms with Crippen LogP contribution in [0.3, 0.4) is 0 Å². The Morgan fingerprint density at radius 3 is 2.87 bits per heavy atom. The lowest BCUT2D eigenvalue weighted by Gasteiger charge is -2.29. The molecule has 0 radical (unpaired) electrons. The molecule has 2 N–H and O–H groups in total. The van der Waals surface area contributed by atoms with Crippen LogP contribution in [0.15, 0.2) is 30.3 Å². The first-order chi connectivity index (χ1) is 14.6. The van der Waals surface area contributed by atoms with E-state index < -0.39 is 5.82 Å². The van der Waals surface area contributed by atoms with Crippen LogP contribution in [-0.4, -0.2) is 46.6 Å². The first kappa shape index (κ1) is 19.2. The van der Waals surface area contributed by atoms with Crippen LogP contribution in [0.4, 0.5) is 10.1 Å². The highest BCUT2D eigenvalue weighted by Gasteiger charge is 2.33. The SMILES string of the molecule is O=C1Nc2ccc(F)cc2C1=C1OCc2nc(CCCN3CCC(O)CC3)ccc21. The van der Waals surface area contributed by atoms with Gasteiger partial charge in [-0.2, -0.15) is 0 Å². The number of aliphatic hydroxyl groups is 1. The number of hydrogen-bond donors (Lipinski definition) is 2. The van der Waals surface area contributed by atoms with Crippen LogP contribution in [0.5, 0.6) is 0 Å². The standard InChI is InChI=1S/C23H24FN3O3/c24-14-3-6-19-18(12-14)21(23(29)26-19)22-17-5-4-15(25-20(17)13-30-22)2-1-9-27-10-7-16(28)8-11-27/h3-6,12,16,28H,1-2,7-11,13H2,(H,26,29). The summed E-state index contributed by atoms with van der Waals surface area (Å²) in [4.78, 5) is 19.6. The normalized spacial score (nSPS) is 21.3. The molecule has 1 fully saturated rings. The van der Waals surface area contributed by atoms with Crippen molar-refractivity contribution in [2.75, 3.05) is 25.0 Å². The summed E-state index contributed by atoms with van der Waals surface area (Å²) in [5.41, 5.74) is 4.10. The van der Waals surface area contributed by atoms with Gasteiger partial charge in [-0.1, -0.05) is 0 Å². The topological polar surface area (TPSA) is 74.7 Å². The molecule has 7 heteroatoms. The predicted octanol–water partition coefficient (Wildman–Crippen LogP) is 2.96. The third kappa shape index (κ3) is 3.59. The predicted molar refractivity (Wildman–Crippen MR) is 111 cm³/mol. The van der Waals surface area contributed by atoms with E-state index in [1.807, 2.05) is 12.1 Å². The average molecular weight is 409 g/mol. The molecule has 3 aliphatic rings. The quantitative estimate of drug-likeness (QED) is 0.760. The molecule has 1 aromatic carbocycles. The molecule has 3 aliphatic heterocycles. The second-order valence-corrected chi connectivity index (χ2v) is 8.11. The van der Waals surface area contributed by atoms with Gasteiger partial charge < -0.3 is 20.1 Å².